The number of aliphatic hydroxyl groups is 1. The average Bonchev–Trinajstić information content (AvgIpc) is 3.04. The van der Waals surface area contributed by atoms with E-state index in [-0.39, 0.29) is 24.5 Å². The van der Waals surface area contributed by atoms with Crippen LogP contribution in [0.4, 0.5) is 22.0 Å². The molecule has 1 heterocycles. The topological polar surface area (TPSA) is 70.6 Å². The Morgan fingerprint density at radius 1 is 1.29 bits per heavy atom. The van der Waals surface area contributed by atoms with Crippen molar-refractivity contribution in [2.75, 3.05) is 13.2 Å². The lowest BCUT2D eigenvalue weighted by Crippen LogP contribution is -2.52. The zero-order chi connectivity index (χ0) is 23.4. The highest BCUT2D eigenvalue weighted by Gasteiger charge is 2.60. The van der Waals surface area contributed by atoms with Gasteiger partial charge in [-0.25, -0.2) is 8.78 Å². The summed E-state index contributed by atoms with van der Waals surface area (Å²) >= 11 is 0. The molecule has 4 atom stereocenters. The fourth-order valence-electron chi connectivity index (χ4n) is 3.72. The largest absolute Gasteiger partial charge is 0.418 e. The average molecular weight is 452 g/mol. The Morgan fingerprint density at radius 2 is 1.90 bits per heavy atom. The lowest BCUT2D eigenvalue weighted by atomic mass is 9.91. The molecule has 5 nitrogen and oxygen atoms in total. The minimum atomic E-state index is -4.67. The van der Waals surface area contributed by atoms with Crippen LogP contribution in [-0.4, -0.2) is 54.1 Å². The van der Waals surface area contributed by atoms with Gasteiger partial charge in [-0.05, 0) is 36.5 Å². The van der Waals surface area contributed by atoms with Crippen LogP contribution in [0.3, 0.4) is 0 Å². The molecule has 31 heavy (non-hydrogen) atoms. The summed E-state index contributed by atoms with van der Waals surface area (Å²) in [5, 5.41) is 15.9. The molecule has 0 aliphatic carbocycles. The van der Waals surface area contributed by atoms with Gasteiger partial charge >= 0.3 is 6.18 Å². The Kier molecular flexibility index (Phi) is 8.40. The van der Waals surface area contributed by atoms with Gasteiger partial charge in [-0.1, -0.05) is 13.8 Å². The smallest absolute Gasteiger partial charge is 0.389 e. The molecule has 1 aliphatic heterocycles. The van der Waals surface area contributed by atoms with Crippen LogP contribution in [0, 0.1) is 17.6 Å². The van der Waals surface area contributed by atoms with Crippen molar-refractivity contribution in [2.24, 2.45) is 5.92 Å². The summed E-state index contributed by atoms with van der Waals surface area (Å²) in [6.45, 7) is 4.30. The second-order valence-corrected chi connectivity index (χ2v) is 8.49. The first kappa shape index (κ1) is 25.5. The van der Waals surface area contributed by atoms with Crippen LogP contribution in [0.1, 0.15) is 39.2 Å². The summed E-state index contributed by atoms with van der Waals surface area (Å²) < 4.78 is 73.8. The molecule has 1 aromatic rings. The number of alkyl halides is 3. The maximum atomic E-state index is 13.8. The number of hydrogen-bond donors (Lipinski definition) is 3. The minimum Gasteiger partial charge on any atom is -0.389 e. The van der Waals surface area contributed by atoms with Crippen molar-refractivity contribution in [1.29, 1.82) is 0 Å². The normalized spacial score (nSPS) is 23.7. The number of halogens is 5. The lowest BCUT2D eigenvalue weighted by molar-refractivity contribution is -0.271. The Labute approximate surface area is 178 Å². The minimum absolute atomic E-state index is 0.0840. The number of benzene rings is 1. The maximum Gasteiger partial charge on any atom is 0.418 e. The molecule has 10 heteroatoms. The van der Waals surface area contributed by atoms with Crippen LogP contribution in [0.5, 0.6) is 0 Å². The Balaban J connectivity index is 2.18. The van der Waals surface area contributed by atoms with E-state index >= 15 is 0 Å². The molecule has 176 valence electrons. The van der Waals surface area contributed by atoms with Crippen molar-refractivity contribution < 1.29 is 36.6 Å². The van der Waals surface area contributed by atoms with Crippen molar-refractivity contribution in [2.45, 2.75) is 70.0 Å². The van der Waals surface area contributed by atoms with Gasteiger partial charge in [0.1, 0.15) is 11.6 Å². The van der Waals surface area contributed by atoms with Gasteiger partial charge in [0, 0.05) is 38.6 Å². The molecular weight excluding hydrogens is 423 g/mol. The van der Waals surface area contributed by atoms with Crippen molar-refractivity contribution in [1.82, 2.24) is 10.6 Å². The van der Waals surface area contributed by atoms with E-state index in [2.05, 4.69) is 10.6 Å². The van der Waals surface area contributed by atoms with Crippen LogP contribution in [0.2, 0.25) is 0 Å². The van der Waals surface area contributed by atoms with E-state index in [1.807, 2.05) is 13.8 Å². The second-order valence-electron chi connectivity index (χ2n) is 8.49. The van der Waals surface area contributed by atoms with Crippen LogP contribution >= 0.6 is 0 Å². The van der Waals surface area contributed by atoms with E-state index < -0.39 is 60.5 Å². The van der Waals surface area contributed by atoms with Crippen molar-refractivity contribution >= 4 is 5.91 Å². The van der Waals surface area contributed by atoms with Gasteiger partial charge in [0.25, 0.3) is 0 Å². The zero-order valence-electron chi connectivity index (χ0n) is 17.7. The predicted octanol–water partition coefficient (Wildman–Crippen LogP) is 3.10. The summed E-state index contributed by atoms with van der Waals surface area (Å²) in [5.74, 6) is -2.04. The van der Waals surface area contributed by atoms with E-state index in [1.165, 1.54) is 6.92 Å². The number of aliphatic hydroxyl groups excluding tert-OH is 1. The van der Waals surface area contributed by atoms with Crippen LogP contribution < -0.4 is 10.6 Å². The van der Waals surface area contributed by atoms with E-state index in [1.54, 1.807) is 0 Å². The van der Waals surface area contributed by atoms with E-state index in [0.717, 1.165) is 12.1 Å². The summed E-state index contributed by atoms with van der Waals surface area (Å²) in [6.07, 6.45) is -6.39. The molecule has 0 aromatic heterocycles. The third-order valence-corrected chi connectivity index (χ3v) is 5.38. The molecule has 0 spiro atoms. The van der Waals surface area contributed by atoms with Gasteiger partial charge < -0.3 is 20.5 Å². The Morgan fingerprint density at radius 3 is 2.42 bits per heavy atom. The van der Waals surface area contributed by atoms with Crippen LogP contribution in [0.25, 0.3) is 0 Å². The number of rotatable bonds is 9. The molecular formula is C21H29F5N2O3. The quantitative estimate of drug-likeness (QED) is 0.504. The SMILES string of the molecule is CC(=O)N[C@@H](Cc1cc(F)cc(F)c1)[C@H](O)[C@H]1C[C@](OCCC(C)C)(C(F)(F)F)CN1. The lowest BCUT2D eigenvalue weighted by Gasteiger charge is -2.33. The number of ether oxygens (including phenoxy) is 1. The molecule has 0 radical (unpaired) electrons. The molecule has 0 saturated carbocycles. The van der Waals surface area contributed by atoms with Gasteiger partial charge in [-0.15, -0.1) is 0 Å². The third kappa shape index (κ3) is 6.85. The molecule has 0 unspecified atom stereocenters. The van der Waals surface area contributed by atoms with Gasteiger partial charge in [0.15, 0.2) is 5.60 Å². The van der Waals surface area contributed by atoms with E-state index in [4.69, 9.17) is 4.74 Å². The monoisotopic (exact) mass is 452 g/mol. The standard InChI is InChI=1S/C21H29F5N2O3/c1-12(2)4-5-31-20(21(24,25)26)10-18(27-11-20)19(30)17(28-13(3)29)8-14-6-15(22)9-16(23)7-14/h6-7,9,12,17-19,27,30H,4-5,8,10-11H2,1-3H3,(H,28,29)/t17-,18+,19-,20+/m0/s1. The van der Waals surface area contributed by atoms with Crippen molar-refractivity contribution in [3.63, 3.8) is 0 Å². The van der Waals surface area contributed by atoms with E-state index in [0.29, 0.717) is 12.5 Å². The Bertz CT molecular complexity index is 739. The highest BCUT2D eigenvalue weighted by Crippen LogP contribution is 2.41. The van der Waals surface area contributed by atoms with Gasteiger partial charge in [0.2, 0.25) is 5.91 Å². The molecule has 1 amide bonds. The van der Waals surface area contributed by atoms with E-state index in [9.17, 15) is 31.9 Å². The molecule has 1 saturated heterocycles. The second kappa shape index (κ2) is 10.2. The predicted molar refractivity (Wildman–Crippen MR) is 104 cm³/mol. The summed E-state index contributed by atoms with van der Waals surface area (Å²) in [5.41, 5.74) is -2.30. The molecule has 1 aliphatic rings. The number of carbonyl (C=O) groups is 1. The summed E-state index contributed by atoms with van der Waals surface area (Å²) in [7, 11) is 0. The first-order valence-corrected chi connectivity index (χ1v) is 10.2. The fourth-order valence-corrected chi connectivity index (χ4v) is 3.72. The summed E-state index contributed by atoms with van der Waals surface area (Å²) in [4.78, 5) is 11.6. The number of hydrogen-bond acceptors (Lipinski definition) is 4. The highest BCUT2D eigenvalue weighted by molar-refractivity contribution is 5.73. The molecule has 2 rings (SSSR count). The molecule has 0 bridgehead atoms. The number of carbonyl (C=O) groups excluding carboxylic acids is 1. The number of amides is 1. The fraction of sp³-hybridized carbons (Fsp3) is 0.667. The van der Waals surface area contributed by atoms with Gasteiger partial charge in [-0.3, -0.25) is 4.79 Å². The molecule has 1 fully saturated rings. The summed E-state index contributed by atoms with van der Waals surface area (Å²) in [6, 6.07) is 0.661. The first-order valence-electron chi connectivity index (χ1n) is 10.2. The Hall–Kier alpha value is -1.78. The van der Waals surface area contributed by atoms with Crippen molar-refractivity contribution in [3.8, 4) is 0 Å². The first-order chi connectivity index (χ1) is 14.3. The third-order valence-electron chi connectivity index (χ3n) is 5.38. The zero-order valence-corrected chi connectivity index (χ0v) is 17.7. The molecule has 3 N–H and O–H groups in total. The molecule has 1 aromatic carbocycles. The van der Waals surface area contributed by atoms with Crippen molar-refractivity contribution in [3.05, 3.63) is 35.4 Å². The number of nitrogens with one attached hydrogen (secondary N) is 2. The highest BCUT2D eigenvalue weighted by atomic mass is 19.4. The maximum absolute atomic E-state index is 13.8. The van der Waals surface area contributed by atoms with Crippen LogP contribution in [-0.2, 0) is 16.0 Å². The van der Waals surface area contributed by atoms with Crippen LogP contribution in [0.15, 0.2) is 18.2 Å². The van der Waals surface area contributed by atoms with Gasteiger partial charge in [0.05, 0.1) is 12.1 Å². The van der Waals surface area contributed by atoms with Gasteiger partial charge in [-0.2, -0.15) is 13.2 Å².